The SMILES string of the molecule is Brc1cc(Br)n(Cc2ccc(Br)s2)n1. The molecule has 0 spiro atoms. The lowest BCUT2D eigenvalue weighted by molar-refractivity contribution is 0.674. The van der Waals surface area contributed by atoms with Crippen molar-refractivity contribution in [3.63, 3.8) is 0 Å². The highest BCUT2D eigenvalue weighted by Crippen LogP contribution is 2.24. The van der Waals surface area contributed by atoms with Crippen molar-refractivity contribution in [2.24, 2.45) is 0 Å². The number of thiophene rings is 1. The average Bonchev–Trinajstić information content (AvgIpc) is 2.61. The summed E-state index contributed by atoms with van der Waals surface area (Å²) in [5, 5.41) is 4.29. The van der Waals surface area contributed by atoms with E-state index in [2.05, 4.69) is 59.0 Å². The molecule has 0 atom stereocenters. The smallest absolute Gasteiger partial charge is 0.129 e. The Kier molecular flexibility index (Phi) is 3.46. The summed E-state index contributed by atoms with van der Waals surface area (Å²) in [4.78, 5) is 1.27. The molecule has 0 fully saturated rings. The van der Waals surface area contributed by atoms with E-state index in [4.69, 9.17) is 0 Å². The van der Waals surface area contributed by atoms with Gasteiger partial charge in [0.15, 0.2) is 0 Å². The predicted octanol–water partition coefficient (Wildman–Crippen LogP) is 4.28. The van der Waals surface area contributed by atoms with Crippen LogP contribution in [0.3, 0.4) is 0 Å². The molecule has 2 aromatic rings. The molecule has 0 aliphatic rings. The number of hydrogen-bond donors (Lipinski definition) is 0. The molecule has 6 heteroatoms. The quantitative estimate of drug-likeness (QED) is 0.735. The summed E-state index contributed by atoms with van der Waals surface area (Å²) in [7, 11) is 0. The maximum atomic E-state index is 4.29. The topological polar surface area (TPSA) is 17.8 Å². The fourth-order valence-corrected chi connectivity index (χ4v) is 3.66. The zero-order chi connectivity index (χ0) is 10.1. The average molecular weight is 401 g/mol. The Hall–Kier alpha value is 0.350. The highest BCUT2D eigenvalue weighted by Gasteiger charge is 2.05. The van der Waals surface area contributed by atoms with Gasteiger partial charge >= 0.3 is 0 Å². The van der Waals surface area contributed by atoms with Gasteiger partial charge in [-0.05, 0) is 59.9 Å². The van der Waals surface area contributed by atoms with Crippen LogP contribution in [0, 0.1) is 0 Å². The van der Waals surface area contributed by atoms with Gasteiger partial charge in [-0.2, -0.15) is 5.10 Å². The monoisotopic (exact) mass is 398 g/mol. The van der Waals surface area contributed by atoms with Crippen molar-refractivity contribution in [2.45, 2.75) is 6.54 Å². The molecule has 0 aromatic carbocycles. The van der Waals surface area contributed by atoms with Crippen molar-refractivity contribution in [3.05, 3.63) is 36.1 Å². The van der Waals surface area contributed by atoms with Crippen LogP contribution in [0.4, 0.5) is 0 Å². The first-order valence-corrected chi connectivity index (χ1v) is 6.98. The van der Waals surface area contributed by atoms with Crippen molar-refractivity contribution in [3.8, 4) is 0 Å². The van der Waals surface area contributed by atoms with Gasteiger partial charge < -0.3 is 0 Å². The van der Waals surface area contributed by atoms with Gasteiger partial charge in [-0.15, -0.1) is 11.3 Å². The molecule has 0 aliphatic heterocycles. The van der Waals surface area contributed by atoms with Crippen LogP contribution in [-0.4, -0.2) is 9.78 Å². The van der Waals surface area contributed by atoms with Crippen LogP contribution in [0.25, 0.3) is 0 Å². The van der Waals surface area contributed by atoms with Crippen LogP contribution in [-0.2, 0) is 6.54 Å². The van der Waals surface area contributed by atoms with E-state index in [1.165, 1.54) is 4.88 Å². The molecule has 2 aromatic heterocycles. The summed E-state index contributed by atoms with van der Waals surface area (Å²) in [6.45, 7) is 0.794. The second kappa shape index (κ2) is 4.47. The molecule has 0 saturated heterocycles. The number of halogens is 3. The van der Waals surface area contributed by atoms with Crippen molar-refractivity contribution in [1.82, 2.24) is 9.78 Å². The molecule has 2 rings (SSSR count). The van der Waals surface area contributed by atoms with Gasteiger partial charge in [0.1, 0.15) is 9.21 Å². The Morgan fingerprint density at radius 1 is 1.29 bits per heavy atom. The standard InChI is InChI=1S/C8H5Br3N2S/c9-6-3-7(10)13(12-6)4-5-1-2-8(11)14-5/h1-3H,4H2. The second-order valence-corrected chi connectivity index (χ2v) is 6.83. The lowest BCUT2D eigenvalue weighted by Crippen LogP contribution is -1.99. The minimum absolute atomic E-state index is 0.794. The normalized spacial score (nSPS) is 10.8. The molecule has 0 saturated carbocycles. The minimum atomic E-state index is 0.794. The van der Waals surface area contributed by atoms with Crippen LogP contribution < -0.4 is 0 Å². The van der Waals surface area contributed by atoms with Gasteiger partial charge in [-0.25, -0.2) is 0 Å². The zero-order valence-corrected chi connectivity index (χ0v) is 12.5. The summed E-state index contributed by atoms with van der Waals surface area (Å²) < 4.78 is 4.88. The fraction of sp³-hybridized carbons (Fsp3) is 0.125. The summed E-state index contributed by atoms with van der Waals surface area (Å²) >= 11 is 11.9. The third-order valence-corrected chi connectivity index (χ3v) is 4.27. The molecule has 14 heavy (non-hydrogen) atoms. The Morgan fingerprint density at radius 2 is 2.07 bits per heavy atom. The molecular formula is C8H5Br3N2S. The molecule has 2 nitrogen and oxygen atoms in total. The van der Waals surface area contributed by atoms with Gasteiger partial charge in [0.05, 0.1) is 10.3 Å². The Labute approximate surface area is 111 Å². The third kappa shape index (κ3) is 2.48. The van der Waals surface area contributed by atoms with E-state index in [0.717, 1.165) is 19.5 Å². The largest absolute Gasteiger partial charge is 0.252 e. The lowest BCUT2D eigenvalue weighted by atomic mass is 10.5. The molecule has 0 bridgehead atoms. The van der Waals surface area contributed by atoms with Crippen molar-refractivity contribution < 1.29 is 0 Å². The molecule has 0 amide bonds. The lowest BCUT2D eigenvalue weighted by Gasteiger charge is -1.99. The van der Waals surface area contributed by atoms with E-state index < -0.39 is 0 Å². The van der Waals surface area contributed by atoms with E-state index in [0.29, 0.717) is 0 Å². The van der Waals surface area contributed by atoms with Crippen LogP contribution in [0.15, 0.2) is 31.2 Å². The van der Waals surface area contributed by atoms with Crippen molar-refractivity contribution >= 4 is 59.1 Å². The van der Waals surface area contributed by atoms with E-state index in [1.807, 2.05) is 16.8 Å². The van der Waals surface area contributed by atoms with Gasteiger partial charge in [0, 0.05) is 10.9 Å². The number of aromatic nitrogens is 2. The van der Waals surface area contributed by atoms with E-state index in [-0.39, 0.29) is 0 Å². The van der Waals surface area contributed by atoms with E-state index in [9.17, 15) is 0 Å². The first-order valence-electron chi connectivity index (χ1n) is 3.78. The molecule has 0 aliphatic carbocycles. The van der Waals surface area contributed by atoms with Crippen molar-refractivity contribution in [1.29, 1.82) is 0 Å². The van der Waals surface area contributed by atoms with E-state index >= 15 is 0 Å². The number of nitrogens with zero attached hydrogens (tertiary/aromatic N) is 2. The second-order valence-electron chi connectivity index (χ2n) is 2.65. The van der Waals surface area contributed by atoms with Crippen molar-refractivity contribution in [2.75, 3.05) is 0 Å². The molecule has 0 radical (unpaired) electrons. The maximum absolute atomic E-state index is 4.29. The Bertz CT molecular complexity index is 449. The van der Waals surface area contributed by atoms with Crippen LogP contribution in [0.5, 0.6) is 0 Å². The first kappa shape index (κ1) is 10.9. The molecular weight excluding hydrogens is 396 g/mol. The summed E-state index contributed by atoms with van der Waals surface area (Å²) in [6.07, 6.45) is 0. The summed E-state index contributed by atoms with van der Waals surface area (Å²) in [5.41, 5.74) is 0. The fourth-order valence-electron chi connectivity index (χ4n) is 1.06. The number of hydrogen-bond acceptors (Lipinski definition) is 2. The first-order chi connectivity index (χ1) is 6.65. The van der Waals surface area contributed by atoms with E-state index in [1.54, 1.807) is 11.3 Å². The van der Waals surface area contributed by atoms with Gasteiger partial charge in [0.2, 0.25) is 0 Å². The Balaban J connectivity index is 2.22. The van der Waals surface area contributed by atoms with Crippen LogP contribution in [0.1, 0.15) is 4.88 Å². The Morgan fingerprint density at radius 3 is 2.57 bits per heavy atom. The highest BCUT2D eigenvalue weighted by molar-refractivity contribution is 9.11. The predicted molar refractivity (Wildman–Crippen MR) is 68.7 cm³/mol. The molecule has 74 valence electrons. The zero-order valence-electron chi connectivity index (χ0n) is 6.88. The maximum Gasteiger partial charge on any atom is 0.129 e. The van der Waals surface area contributed by atoms with Gasteiger partial charge in [0.25, 0.3) is 0 Å². The highest BCUT2D eigenvalue weighted by atomic mass is 79.9. The van der Waals surface area contributed by atoms with Gasteiger partial charge in [-0.3, -0.25) is 4.68 Å². The summed E-state index contributed by atoms with van der Waals surface area (Å²) in [6, 6.07) is 6.08. The minimum Gasteiger partial charge on any atom is -0.252 e. The van der Waals surface area contributed by atoms with Gasteiger partial charge in [-0.1, -0.05) is 0 Å². The summed E-state index contributed by atoms with van der Waals surface area (Å²) in [5.74, 6) is 0. The molecule has 0 N–H and O–H groups in total. The number of rotatable bonds is 2. The van der Waals surface area contributed by atoms with Crippen LogP contribution >= 0.6 is 59.1 Å². The third-order valence-electron chi connectivity index (χ3n) is 1.64. The molecule has 0 unspecified atom stereocenters. The van der Waals surface area contributed by atoms with Crippen LogP contribution in [0.2, 0.25) is 0 Å². The molecule has 2 heterocycles.